The Morgan fingerprint density at radius 2 is 1.46 bits per heavy atom. The third kappa shape index (κ3) is 7.13. The molecule has 46 heavy (non-hydrogen) atoms. The van der Waals surface area contributed by atoms with Crippen molar-refractivity contribution in [1.82, 2.24) is 10.2 Å². The zero-order valence-electron chi connectivity index (χ0n) is 26.7. The van der Waals surface area contributed by atoms with E-state index in [1.807, 2.05) is 61.5 Å². The molecule has 0 aliphatic heterocycles. The molecule has 3 aromatic rings. The number of nitrogens with zero attached hydrogens (tertiary/aromatic N) is 2. The number of hydrogen-bond donors (Lipinski definition) is 1. The van der Waals surface area contributed by atoms with E-state index >= 15 is 0 Å². The number of carbonyl (C=O) groups excluding carboxylic acids is 2. The molecule has 244 valence electrons. The second-order valence-corrected chi connectivity index (χ2v) is 16.1. The van der Waals surface area contributed by atoms with E-state index in [4.69, 9.17) is 11.6 Å². The van der Waals surface area contributed by atoms with E-state index in [-0.39, 0.29) is 24.3 Å². The lowest BCUT2D eigenvalue weighted by Crippen LogP contribution is -2.53. The SMILES string of the molecule is CCNC(=O)C(Cc1ccccc1)N(Cc1ccc(Cl)cc1)C(=O)CN(c1ccc(C23CC4CC(CC(C4)C2)C3)cc1)S(C)(=O)=O. The lowest BCUT2D eigenvalue weighted by molar-refractivity contribution is -0.140. The molecular weight excluding hydrogens is 618 g/mol. The van der Waals surface area contributed by atoms with Crippen LogP contribution >= 0.6 is 11.6 Å². The summed E-state index contributed by atoms with van der Waals surface area (Å²) in [6.07, 6.45) is 9.13. The predicted molar refractivity (Wildman–Crippen MR) is 183 cm³/mol. The third-order valence-corrected chi connectivity index (χ3v) is 11.8. The summed E-state index contributed by atoms with van der Waals surface area (Å²) in [5, 5.41) is 3.45. The fraction of sp³-hybridized carbons (Fsp3) is 0.459. The van der Waals surface area contributed by atoms with Crippen LogP contribution in [0.25, 0.3) is 0 Å². The first-order valence-electron chi connectivity index (χ1n) is 16.5. The fourth-order valence-corrected chi connectivity index (χ4v) is 9.67. The van der Waals surface area contributed by atoms with Crippen LogP contribution in [0.3, 0.4) is 0 Å². The van der Waals surface area contributed by atoms with E-state index in [1.165, 1.54) is 53.3 Å². The Bertz CT molecular complexity index is 1610. The maximum Gasteiger partial charge on any atom is 0.244 e. The summed E-state index contributed by atoms with van der Waals surface area (Å²) >= 11 is 6.14. The van der Waals surface area contributed by atoms with Crippen molar-refractivity contribution in [1.29, 1.82) is 0 Å². The van der Waals surface area contributed by atoms with Gasteiger partial charge in [0.25, 0.3) is 0 Å². The fourth-order valence-electron chi connectivity index (χ4n) is 8.69. The summed E-state index contributed by atoms with van der Waals surface area (Å²) in [5.41, 5.74) is 3.61. The predicted octanol–water partition coefficient (Wildman–Crippen LogP) is 6.35. The number of nitrogens with one attached hydrogen (secondary N) is 1. The van der Waals surface area contributed by atoms with Gasteiger partial charge in [-0.15, -0.1) is 0 Å². The van der Waals surface area contributed by atoms with Gasteiger partial charge in [-0.1, -0.05) is 66.2 Å². The molecule has 1 unspecified atom stereocenters. The molecule has 4 aliphatic rings. The minimum absolute atomic E-state index is 0.118. The van der Waals surface area contributed by atoms with Crippen LogP contribution < -0.4 is 9.62 Å². The largest absolute Gasteiger partial charge is 0.355 e. The van der Waals surface area contributed by atoms with E-state index in [1.54, 1.807) is 12.1 Å². The van der Waals surface area contributed by atoms with Crippen LogP contribution in [0.15, 0.2) is 78.9 Å². The third-order valence-electron chi connectivity index (χ3n) is 10.4. The Morgan fingerprint density at radius 3 is 2.00 bits per heavy atom. The summed E-state index contributed by atoms with van der Waals surface area (Å²) in [6, 6.07) is 23.7. The molecule has 2 amide bonds. The molecule has 4 aliphatic carbocycles. The molecule has 4 fully saturated rings. The van der Waals surface area contributed by atoms with E-state index in [0.29, 0.717) is 17.3 Å². The smallest absolute Gasteiger partial charge is 0.244 e. The van der Waals surface area contributed by atoms with Gasteiger partial charge < -0.3 is 10.2 Å². The summed E-state index contributed by atoms with van der Waals surface area (Å²) in [7, 11) is -3.83. The zero-order chi connectivity index (χ0) is 32.5. The number of rotatable bonds is 12. The highest BCUT2D eigenvalue weighted by Crippen LogP contribution is 2.60. The van der Waals surface area contributed by atoms with Crippen LogP contribution in [-0.4, -0.2) is 50.5 Å². The van der Waals surface area contributed by atoms with Gasteiger partial charge in [0.15, 0.2) is 0 Å². The summed E-state index contributed by atoms with van der Waals surface area (Å²) < 4.78 is 27.7. The highest BCUT2D eigenvalue weighted by atomic mass is 35.5. The standard InChI is InChI=1S/C37H44ClN3O4S/c1-3-39-36(43)34(20-26-7-5-4-6-8-26)40(24-27-9-13-32(38)14-10-27)35(42)25-41(46(2,44)45)33-15-11-31(12-16-33)37-21-28-17-29(22-37)19-30(18-28)23-37/h4-16,28-30,34H,3,17-25H2,1-2H3,(H,39,43). The van der Waals surface area contributed by atoms with Crippen molar-refractivity contribution in [3.8, 4) is 0 Å². The van der Waals surface area contributed by atoms with Crippen molar-refractivity contribution in [2.45, 2.75) is 69.9 Å². The quantitative estimate of drug-likeness (QED) is 0.245. The monoisotopic (exact) mass is 661 g/mol. The van der Waals surface area contributed by atoms with E-state index in [0.717, 1.165) is 35.1 Å². The van der Waals surface area contributed by atoms with Gasteiger partial charge in [0.2, 0.25) is 21.8 Å². The van der Waals surface area contributed by atoms with Gasteiger partial charge in [0.1, 0.15) is 12.6 Å². The van der Waals surface area contributed by atoms with Crippen molar-refractivity contribution in [2.75, 3.05) is 23.7 Å². The first-order chi connectivity index (χ1) is 22.0. The number of sulfonamides is 1. The first-order valence-corrected chi connectivity index (χ1v) is 18.7. The Hall–Kier alpha value is -3.36. The van der Waals surface area contributed by atoms with Gasteiger partial charge in [-0.05, 0) is 110 Å². The van der Waals surface area contributed by atoms with Crippen molar-refractivity contribution in [3.63, 3.8) is 0 Å². The second kappa shape index (κ2) is 13.4. The van der Waals surface area contributed by atoms with Crippen molar-refractivity contribution in [2.24, 2.45) is 17.8 Å². The molecule has 4 saturated carbocycles. The molecule has 3 aromatic carbocycles. The minimum Gasteiger partial charge on any atom is -0.355 e. The van der Waals surface area contributed by atoms with Crippen LogP contribution in [0, 0.1) is 17.8 Å². The lowest BCUT2D eigenvalue weighted by atomic mass is 9.48. The number of benzene rings is 3. The van der Waals surface area contributed by atoms with E-state index < -0.39 is 28.5 Å². The van der Waals surface area contributed by atoms with Crippen molar-refractivity contribution < 1.29 is 18.0 Å². The number of carbonyl (C=O) groups is 2. The average molecular weight is 662 g/mol. The van der Waals surface area contributed by atoms with Crippen LogP contribution in [0.5, 0.6) is 0 Å². The highest BCUT2D eigenvalue weighted by molar-refractivity contribution is 7.92. The van der Waals surface area contributed by atoms with E-state index in [9.17, 15) is 18.0 Å². The molecule has 7 nitrogen and oxygen atoms in total. The zero-order valence-corrected chi connectivity index (χ0v) is 28.3. The van der Waals surface area contributed by atoms with Gasteiger partial charge in [0.05, 0.1) is 11.9 Å². The van der Waals surface area contributed by atoms with Crippen molar-refractivity contribution in [3.05, 3.63) is 101 Å². The molecule has 4 bridgehead atoms. The molecular formula is C37H44ClN3O4S. The van der Waals surface area contributed by atoms with Crippen molar-refractivity contribution >= 4 is 39.1 Å². The molecule has 0 aromatic heterocycles. The minimum atomic E-state index is -3.83. The first kappa shape index (κ1) is 32.6. The molecule has 0 radical (unpaired) electrons. The average Bonchev–Trinajstić information content (AvgIpc) is 3.02. The molecule has 1 N–H and O–H groups in total. The topological polar surface area (TPSA) is 86.8 Å². The Morgan fingerprint density at radius 1 is 0.870 bits per heavy atom. The molecule has 1 atom stereocenters. The van der Waals surface area contributed by atoms with Gasteiger partial charge >= 0.3 is 0 Å². The Balaban J connectivity index is 1.29. The number of halogens is 1. The number of likely N-dealkylation sites (N-methyl/N-ethyl adjacent to an activating group) is 1. The van der Waals surface area contributed by atoms with Crippen LogP contribution in [0.4, 0.5) is 5.69 Å². The Labute approximate surface area is 278 Å². The van der Waals surface area contributed by atoms with Gasteiger partial charge in [-0.25, -0.2) is 8.42 Å². The highest BCUT2D eigenvalue weighted by Gasteiger charge is 2.51. The molecule has 9 heteroatoms. The number of anilines is 1. The second-order valence-electron chi connectivity index (χ2n) is 13.8. The summed E-state index contributed by atoms with van der Waals surface area (Å²) in [6.45, 7) is 1.93. The summed E-state index contributed by atoms with van der Waals surface area (Å²) in [5.74, 6) is 1.65. The molecule has 7 rings (SSSR count). The van der Waals surface area contributed by atoms with Crippen LogP contribution in [0.1, 0.15) is 62.1 Å². The van der Waals surface area contributed by atoms with Gasteiger partial charge in [-0.2, -0.15) is 0 Å². The normalized spacial score (nSPS) is 23.9. The number of amides is 2. The maximum absolute atomic E-state index is 14.3. The molecule has 0 heterocycles. The maximum atomic E-state index is 14.3. The van der Waals surface area contributed by atoms with Crippen LogP contribution in [-0.2, 0) is 38.0 Å². The van der Waals surface area contributed by atoms with E-state index in [2.05, 4.69) is 17.4 Å². The number of hydrogen-bond acceptors (Lipinski definition) is 4. The molecule has 0 saturated heterocycles. The Kier molecular flexibility index (Phi) is 9.49. The molecule has 0 spiro atoms. The lowest BCUT2D eigenvalue weighted by Gasteiger charge is -2.57. The van der Waals surface area contributed by atoms with Gasteiger partial charge in [0, 0.05) is 24.5 Å². The summed E-state index contributed by atoms with van der Waals surface area (Å²) in [4.78, 5) is 29.3. The van der Waals surface area contributed by atoms with Gasteiger partial charge in [-0.3, -0.25) is 13.9 Å². The van der Waals surface area contributed by atoms with Crippen LogP contribution in [0.2, 0.25) is 5.02 Å².